The van der Waals surface area contributed by atoms with Gasteiger partial charge in [0.1, 0.15) is 0 Å². The van der Waals surface area contributed by atoms with Crippen LogP contribution in [0.15, 0.2) is 11.2 Å². The van der Waals surface area contributed by atoms with Crippen LogP contribution in [0.3, 0.4) is 0 Å². The Hall–Kier alpha value is -2.03. The summed E-state index contributed by atoms with van der Waals surface area (Å²) in [6.07, 6.45) is 3.26. The van der Waals surface area contributed by atoms with Gasteiger partial charge in [-0.1, -0.05) is 31.5 Å². The van der Waals surface area contributed by atoms with Gasteiger partial charge in [-0.15, -0.1) is 10.2 Å². The van der Waals surface area contributed by atoms with Gasteiger partial charge in [0, 0.05) is 12.2 Å². The van der Waals surface area contributed by atoms with Gasteiger partial charge in [0.15, 0.2) is 0 Å². The predicted octanol–water partition coefficient (Wildman–Crippen LogP) is 1.19. The molecule has 0 radical (unpaired) electrons. The number of thioether (sulfide) groups is 1. The van der Waals surface area contributed by atoms with Crippen LogP contribution in [0.4, 0.5) is 0 Å². The summed E-state index contributed by atoms with van der Waals surface area (Å²) in [6.45, 7) is 6.66. The van der Waals surface area contributed by atoms with Gasteiger partial charge in [0.2, 0.25) is 11.1 Å². The normalized spacial score (nSPS) is 10.9. The van der Waals surface area contributed by atoms with Crippen molar-refractivity contribution in [3.63, 3.8) is 0 Å². The highest BCUT2D eigenvalue weighted by Crippen LogP contribution is 2.17. The Morgan fingerprint density at radius 3 is 2.78 bits per heavy atom. The second-order valence-electron chi connectivity index (χ2n) is 5.34. The topological polar surface area (TPSA) is 104 Å². The van der Waals surface area contributed by atoms with E-state index < -0.39 is 0 Å². The first-order chi connectivity index (χ1) is 11.0. The molecular weight excluding hydrogens is 314 g/mol. The van der Waals surface area contributed by atoms with Crippen molar-refractivity contribution in [2.75, 3.05) is 18.1 Å². The fraction of sp³-hybridized carbons (Fsp3) is 0.571. The van der Waals surface area contributed by atoms with Crippen molar-refractivity contribution in [2.45, 2.75) is 45.2 Å². The molecular formula is C14H23N7OS. The number of nitrogens with one attached hydrogen (secondary N) is 1. The first-order valence-corrected chi connectivity index (χ1v) is 8.65. The molecule has 0 bridgehead atoms. The van der Waals surface area contributed by atoms with Crippen LogP contribution in [-0.2, 0) is 4.79 Å². The number of amides is 1. The van der Waals surface area contributed by atoms with Gasteiger partial charge < -0.3 is 11.2 Å². The highest BCUT2D eigenvalue weighted by molar-refractivity contribution is 7.99. The number of nitrogens with two attached hydrogens (primary N) is 1. The third-order valence-corrected chi connectivity index (χ3v) is 4.22. The van der Waals surface area contributed by atoms with E-state index in [0.717, 1.165) is 30.7 Å². The molecule has 0 saturated carbocycles. The van der Waals surface area contributed by atoms with Gasteiger partial charge in [0.05, 0.1) is 11.4 Å². The van der Waals surface area contributed by atoms with Crippen molar-refractivity contribution in [3.05, 3.63) is 17.5 Å². The first kappa shape index (κ1) is 17.3. The minimum atomic E-state index is -0.0261. The van der Waals surface area contributed by atoms with Gasteiger partial charge in [-0.3, -0.25) is 4.79 Å². The van der Waals surface area contributed by atoms with Crippen LogP contribution in [0, 0.1) is 13.8 Å². The Morgan fingerprint density at radius 2 is 2.13 bits per heavy atom. The third kappa shape index (κ3) is 4.47. The quantitative estimate of drug-likeness (QED) is 0.426. The van der Waals surface area contributed by atoms with Gasteiger partial charge in [-0.2, -0.15) is 5.10 Å². The molecule has 2 heterocycles. The number of nitrogens with zero attached hydrogens (tertiary/aromatic N) is 5. The molecule has 0 aliphatic carbocycles. The van der Waals surface area contributed by atoms with Crippen LogP contribution < -0.4 is 11.2 Å². The molecule has 1 amide bonds. The maximum atomic E-state index is 11.8. The molecule has 0 atom stereocenters. The van der Waals surface area contributed by atoms with E-state index in [-0.39, 0.29) is 11.7 Å². The van der Waals surface area contributed by atoms with Crippen molar-refractivity contribution in [1.29, 1.82) is 0 Å². The minimum Gasteiger partial charge on any atom is -0.355 e. The third-order valence-electron chi connectivity index (χ3n) is 3.28. The van der Waals surface area contributed by atoms with E-state index in [1.807, 2.05) is 19.9 Å². The van der Waals surface area contributed by atoms with Gasteiger partial charge in [-0.05, 0) is 26.3 Å². The molecule has 0 aliphatic heterocycles. The molecule has 0 aliphatic rings. The Balaban J connectivity index is 1.92. The highest BCUT2D eigenvalue weighted by Gasteiger charge is 2.15. The van der Waals surface area contributed by atoms with E-state index in [2.05, 4.69) is 27.5 Å². The molecule has 23 heavy (non-hydrogen) atoms. The van der Waals surface area contributed by atoms with Crippen LogP contribution in [0.5, 0.6) is 0 Å². The van der Waals surface area contributed by atoms with Crippen molar-refractivity contribution in [1.82, 2.24) is 30.0 Å². The molecule has 2 aromatic rings. The molecule has 0 fully saturated rings. The van der Waals surface area contributed by atoms with E-state index in [0.29, 0.717) is 17.6 Å². The summed E-state index contributed by atoms with van der Waals surface area (Å²) in [4.78, 5) is 11.8. The number of aromatic nitrogens is 5. The second-order valence-corrected chi connectivity index (χ2v) is 6.28. The summed E-state index contributed by atoms with van der Waals surface area (Å²) in [5.74, 6) is 6.69. The Morgan fingerprint density at radius 1 is 1.35 bits per heavy atom. The Bertz CT molecular complexity index is 664. The van der Waals surface area contributed by atoms with Crippen molar-refractivity contribution < 1.29 is 4.79 Å². The van der Waals surface area contributed by atoms with E-state index in [1.54, 1.807) is 4.68 Å². The molecule has 3 N–H and O–H groups in total. The molecule has 8 nitrogen and oxygen atoms in total. The lowest BCUT2D eigenvalue weighted by Crippen LogP contribution is -2.26. The average molecular weight is 337 g/mol. The van der Waals surface area contributed by atoms with Crippen LogP contribution in [0.25, 0.3) is 5.95 Å². The summed E-state index contributed by atoms with van der Waals surface area (Å²) >= 11 is 1.26. The largest absolute Gasteiger partial charge is 0.355 e. The lowest BCUT2D eigenvalue weighted by atomic mass is 10.2. The van der Waals surface area contributed by atoms with Gasteiger partial charge in [0.25, 0.3) is 5.95 Å². The van der Waals surface area contributed by atoms with Gasteiger partial charge in [-0.25, -0.2) is 9.36 Å². The number of rotatable bonds is 8. The zero-order chi connectivity index (χ0) is 16.8. The summed E-state index contributed by atoms with van der Waals surface area (Å²) in [5.41, 5.74) is 1.80. The SMILES string of the molecule is CCCCCNC(=O)CSc1nnc(-n2nc(C)cc2C)n1N. The maximum Gasteiger partial charge on any atom is 0.271 e. The van der Waals surface area contributed by atoms with E-state index in [1.165, 1.54) is 16.4 Å². The fourth-order valence-electron chi connectivity index (χ4n) is 2.13. The zero-order valence-corrected chi connectivity index (χ0v) is 14.6. The summed E-state index contributed by atoms with van der Waals surface area (Å²) in [5, 5.41) is 15.8. The van der Waals surface area contributed by atoms with Crippen LogP contribution in [-0.4, -0.2) is 42.9 Å². The zero-order valence-electron chi connectivity index (χ0n) is 13.7. The van der Waals surface area contributed by atoms with Crippen molar-refractivity contribution >= 4 is 17.7 Å². The van der Waals surface area contributed by atoms with E-state index in [4.69, 9.17) is 5.84 Å². The first-order valence-electron chi connectivity index (χ1n) is 7.66. The Labute approximate surface area is 139 Å². The second kappa shape index (κ2) is 8.00. The molecule has 0 spiro atoms. The predicted molar refractivity (Wildman–Crippen MR) is 90.0 cm³/mol. The number of carbonyl (C=O) groups is 1. The molecule has 126 valence electrons. The average Bonchev–Trinajstić information content (AvgIpc) is 3.03. The molecule has 2 rings (SSSR count). The minimum absolute atomic E-state index is 0.0261. The van der Waals surface area contributed by atoms with E-state index >= 15 is 0 Å². The van der Waals surface area contributed by atoms with Crippen molar-refractivity contribution in [3.8, 4) is 5.95 Å². The number of carbonyl (C=O) groups excluding carboxylic acids is 1. The van der Waals surface area contributed by atoms with E-state index in [9.17, 15) is 4.79 Å². The number of nitrogen functional groups attached to an aromatic ring is 1. The van der Waals surface area contributed by atoms with Gasteiger partial charge >= 0.3 is 0 Å². The standard InChI is InChI=1S/C14H23N7OS/c1-4-5-6-7-16-12(22)9-23-14-18-17-13(20(14)15)21-11(3)8-10(2)19-21/h8H,4-7,9,15H2,1-3H3,(H,16,22). The Kier molecular flexibility index (Phi) is 6.03. The monoisotopic (exact) mass is 337 g/mol. The number of unbranched alkanes of at least 4 members (excludes halogenated alkanes) is 2. The molecule has 0 aromatic carbocycles. The van der Waals surface area contributed by atoms with Crippen LogP contribution in [0.2, 0.25) is 0 Å². The summed E-state index contributed by atoms with van der Waals surface area (Å²) in [6, 6.07) is 1.94. The number of hydrogen-bond donors (Lipinski definition) is 2. The fourth-order valence-corrected chi connectivity index (χ4v) is 2.81. The molecule has 0 unspecified atom stereocenters. The number of hydrogen-bond acceptors (Lipinski definition) is 6. The summed E-state index contributed by atoms with van der Waals surface area (Å²) < 4.78 is 2.99. The lowest BCUT2D eigenvalue weighted by Gasteiger charge is -2.05. The summed E-state index contributed by atoms with van der Waals surface area (Å²) in [7, 11) is 0. The van der Waals surface area contributed by atoms with Crippen LogP contribution in [0.1, 0.15) is 37.6 Å². The molecule has 2 aromatic heterocycles. The maximum absolute atomic E-state index is 11.8. The highest BCUT2D eigenvalue weighted by atomic mass is 32.2. The lowest BCUT2D eigenvalue weighted by molar-refractivity contribution is -0.118. The molecule has 0 saturated heterocycles. The molecule has 9 heteroatoms. The van der Waals surface area contributed by atoms with Crippen molar-refractivity contribution in [2.24, 2.45) is 0 Å². The number of aryl methyl sites for hydroxylation is 2. The smallest absolute Gasteiger partial charge is 0.271 e. The van der Waals surface area contributed by atoms with Crippen LogP contribution >= 0.6 is 11.8 Å².